The van der Waals surface area contributed by atoms with Gasteiger partial charge in [0.2, 0.25) is 0 Å². The summed E-state index contributed by atoms with van der Waals surface area (Å²) in [6.07, 6.45) is 3.40. The number of fused-ring (bicyclic) bond motifs is 2. The fraction of sp³-hybridized carbons (Fsp3) is 0.105. The first-order valence-electron chi connectivity index (χ1n) is 7.40. The molecule has 2 heterocycles. The highest BCUT2D eigenvalue weighted by Gasteiger charge is 2.06. The highest BCUT2D eigenvalue weighted by molar-refractivity contribution is 5.86. The van der Waals surface area contributed by atoms with Crippen LogP contribution in [-0.4, -0.2) is 9.97 Å². The number of rotatable bonds is 0. The number of H-pyrrole nitrogens is 2. The van der Waals surface area contributed by atoms with Gasteiger partial charge in [-0.05, 0) is 55.3 Å². The summed E-state index contributed by atoms with van der Waals surface area (Å²) in [6, 6.07) is 10.3. The van der Waals surface area contributed by atoms with E-state index in [0.29, 0.717) is 22.1 Å². The van der Waals surface area contributed by atoms with Crippen molar-refractivity contribution < 1.29 is 8.78 Å². The van der Waals surface area contributed by atoms with Crippen molar-refractivity contribution in [2.75, 3.05) is 0 Å². The molecule has 2 N–H and O–H groups in total. The van der Waals surface area contributed by atoms with Crippen LogP contribution in [0, 0.1) is 36.8 Å². The lowest BCUT2D eigenvalue weighted by molar-refractivity contribution is 0.620. The summed E-state index contributed by atoms with van der Waals surface area (Å²) >= 11 is 0. The first-order valence-corrected chi connectivity index (χ1v) is 7.40. The van der Waals surface area contributed by atoms with E-state index < -0.39 is 0 Å². The number of aryl methyl sites for hydroxylation is 2. The summed E-state index contributed by atoms with van der Waals surface area (Å²) in [5, 5.41) is 10.3. The van der Waals surface area contributed by atoms with Gasteiger partial charge >= 0.3 is 0 Å². The predicted octanol–water partition coefficient (Wildman–Crippen LogP) is 5.10. The van der Waals surface area contributed by atoms with Crippen LogP contribution in [0.25, 0.3) is 21.8 Å². The second kappa shape index (κ2) is 6.17. The molecule has 0 spiro atoms. The van der Waals surface area contributed by atoms with Crippen molar-refractivity contribution in [1.82, 2.24) is 9.97 Å². The highest BCUT2D eigenvalue weighted by Crippen LogP contribution is 2.21. The van der Waals surface area contributed by atoms with Gasteiger partial charge in [0.1, 0.15) is 17.7 Å². The quantitative estimate of drug-likeness (QED) is 0.464. The molecule has 2 aromatic carbocycles. The zero-order chi connectivity index (χ0) is 17.3. The number of nitrogens with one attached hydrogen (secondary N) is 2. The van der Waals surface area contributed by atoms with Gasteiger partial charge in [-0.2, -0.15) is 5.26 Å². The van der Waals surface area contributed by atoms with Crippen LogP contribution in [0.2, 0.25) is 0 Å². The molecule has 4 aromatic rings. The third kappa shape index (κ3) is 2.86. The predicted molar refractivity (Wildman–Crippen MR) is 90.7 cm³/mol. The Morgan fingerprint density at radius 2 is 1.58 bits per heavy atom. The minimum absolute atomic E-state index is 0.142. The van der Waals surface area contributed by atoms with E-state index in [9.17, 15) is 8.78 Å². The Morgan fingerprint density at radius 3 is 2.29 bits per heavy atom. The molecule has 0 amide bonds. The SMILES string of the molecule is Cc1cc2[nH]cc(C#N)c2cc1F.Cc1cc2[nH]ccc2cc1F. The average molecular weight is 323 g/mol. The second-order valence-electron chi connectivity index (χ2n) is 5.63. The van der Waals surface area contributed by atoms with Crippen LogP contribution in [-0.2, 0) is 0 Å². The Morgan fingerprint density at radius 1 is 0.917 bits per heavy atom. The molecule has 5 heteroatoms. The summed E-state index contributed by atoms with van der Waals surface area (Å²) in [6.45, 7) is 3.46. The minimum Gasteiger partial charge on any atom is -0.361 e. The number of aromatic nitrogens is 2. The largest absolute Gasteiger partial charge is 0.361 e. The van der Waals surface area contributed by atoms with Gasteiger partial charge in [0.15, 0.2) is 0 Å². The van der Waals surface area contributed by atoms with Crippen molar-refractivity contribution in [3.05, 3.63) is 71.1 Å². The van der Waals surface area contributed by atoms with E-state index in [4.69, 9.17) is 5.26 Å². The van der Waals surface area contributed by atoms with E-state index in [2.05, 4.69) is 9.97 Å². The van der Waals surface area contributed by atoms with Crippen LogP contribution in [0.3, 0.4) is 0 Å². The molecule has 3 nitrogen and oxygen atoms in total. The number of aromatic amines is 2. The van der Waals surface area contributed by atoms with Gasteiger partial charge in [-0.15, -0.1) is 0 Å². The molecule has 0 unspecified atom stereocenters. The Hall–Kier alpha value is -3.13. The zero-order valence-electron chi connectivity index (χ0n) is 13.2. The third-order valence-corrected chi connectivity index (χ3v) is 3.91. The van der Waals surface area contributed by atoms with Crippen LogP contribution >= 0.6 is 0 Å². The normalized spacial score (nSPS) is 10.5. The van der Waals surface area contributed by atoms with Crippen molar-refractivity contribution in [3.63, 3.8) is 0 Å². The second-order valence-corrected chi connectivity index (χ2v) is 5.63. The van der Waals surface area contributed by atoms with E-state index in [1.807, 2.05) is 24.4 Å². The van der Waals surface area contributed by atoms with Crippen molar-refractivity contribution in [2.24, 2.45) is 0 Å². The van der Waals surface area contributed by atoms with Crippen molar-refractivity contribution in [1.29, 1.82) is 5.26 Å². The lowest BCUT2D eigenvalue weighted by Crippen LogP contribution is -1.81. The molecule has 0 radical (unpaired) electrons. The molecular weight excluding hydrogens is 308 g/mol. The maximum absolute atomic E-state index is 13.1. The standard InChI is InChI=1S/C10H7FN2.C9H8FN/c1-6-2-10-8(3-9(6)11)7(4-12)5-13-10;1-6-4-9-7(2-3-11-9)5-8(6)10/h2-3,5,13H,1H3;2-5,11H,1H3. The van der Waals surface area contributed by atoms with Crippen LogP contribution in [0.5, 0.6) is 0 Å². The number of benzene rings is 2. The topological polar surface area (TPSA) is 55.4 Å². The lowest BCUT2D eigenvalue weighted by atomic mass is 10.1. The summed E-state index contributed by atoms with van der Waals surface area (Å²) in [5.74, 6) is -0.416. The summed E-state index contributed by atoms with van der Waals surface area (Å²) < 4.78 is 26.0. The maximum atomic E-state index is 13.1. The van der Waals surface area contributed by atoms with Crippen LogP contribution in [0.15, 0.2) is 42.7 Å². The first-order chi connectivity index (χ1) is 11.5. The molecule has 0 saturated carbocycles. The van der Waals surface area contributed by atoms with E-state index in [0.717, 1.165) is 16.4 Å². The molecule has 0 aliphatic heterocycles. The van der Waals surface area contributed by atoms with Crippen molar-refractivity contribution in [3.8, 4) is 6.07 Å². The molecule has 0 fully saturated rings. The van der Waals surface area contributed by atoms with E-state index in [-0.39, 0.29) is 11.6 Å². The zero-order valence-corrected chi connectivity index (χ0v) is 13.2. The lowest BCUT2D eigenvalue weighted by Gasteiger charge is -1.95. The molecule has 0 aliphatic rings. The van der Waals surface area contributed by atoms with Crippen molar-refractivity contribution >= 4 is 21.8 Å². The Balaban J connectivity index is 0.000000143. The van der Waals surface area contributed by atoms with Gasteiger partial charge in [-0.25, -0.2) is 8.78 Å². The molecule has 24 heavy (non-hydrogen) atoms. The molecule has 4 rings (SSSR count). The minimum atomic E-state index is -0.274. The van der Waals surface area contributed by atoms with E-state index >= 15 is 0 Å². The number of hydrogen-bond acceptors (Lipinski definition) is 1. The van der Waals surface area contributed by atoms with E-state index in [1.165, 1.54) is 6.07 Å². The van der Waals surface area contributed by atoms with Gasteiger partial charge < -0.3 is 9.97 Å². The van der Waals surface area contributed by atoms with Gasteiger partial charge in [-0.1, -0.05) is 0 Å². The molecule has 0 atom stereocenters. The number of hydrogen-bond donors (Lipinski definition) is 2. The summed E-state index contributed by atoms with van der Waals surface area (Å²) in [5.41, 5.74) is 3.53. The highest BCUT2D eigenvalue weighted by atomic mass is 19.1. The fourth-order valence-corrected chi connectivity index (χ4v) is 2.52. The Bertz CT molecular complexity index is 1030. The number of nitrogens with zero attached hydrogens (tertiary/aromatic N) is 1. The van der Waals surface area contributed by atoms with E-state index in [1.54, 1.807) is 32.2 Å². The smallest absolute Gasteiger partial charge is 0.126 e. The Labute approximate surface area is 137 Å². The first kappa shape index (κ1) is 15.8. The van der Waals surface area contributed by atoms with Gasteiger partial charge in [0.25, 0.3) is 0 Å². The van der Waals surface area contributed by atoms with Gasteiger partial charge in [0.05, 0.1) is 5.56 Å². The maximum Gasteiger partial charge on any atom is 0.126 e. The average Bonchev–Trinajstić information content (AvgIpc) is 3.15. The fourth-order valence-electron chi connectivity index (χ4n) is 2.52. The van der Waals surface area contributed by atoms with Crippen LogP contribution < -0.4 is 0 Å². The summed E-state index contributed by atoms with van der Waals surface area (Å²) in [7, 11) is 0. The van der Waals surface area contributed by atoms with Crippen LogP contribution in [0.1, 0.15) is 16.7 Å². The van der Waals surface area contributed by atoms with Gasteiger partial charge in [0, 0.05) is 34.2 Å². The monoisotopic (exact) mass is 323 g/mol. The molecule has 0 bridgehead atoms. The van der Waals surface area contributed by atoms with Gasteiger partial charge in [-0.3, -0.25) is 0 Å². The number of nitriles is 1. The molecule has 120 valence electrons. The van der Waals surface area contributed by atoms with Crippen molar-refractivity contribution in [2.45, 2.75) is 13.8 Å². The van der Waals surface area contributed by atoms with Crippen LogP contribution in [0.4, 0.5) is 8.78 Å². The Kier molecular flexibility index (Phi) is 4.05. The summed E-state index contributed by atoms with van der Waals surface area (Å²) in [4.78, 5) is 5.94. The molecule has 0 saturated heterocycles. The number of halogens is 2. The molecule has 2 aromatic heterocycles. The molecule has 0 aliphatic carbocycles. The molecular formula is C19H15F2N3. The third-order valence-electron chi connectivity index (χ3n) is 3.91.